The molecule has 0 saturated carbocycles. The lowest BCUT2D eigenvalue weighted by atomic mass is 9.90. The zero-order valence-corrected chi connectivity index (χ0v) is 16.4. The fourth-order valence-electron chi connectivity index (χ4n) is 3.51. The van der Waals surface area contributed by atoms with Gasteiger partial charge in [0.2, 0.25) is 0 Å². The topological polar surface area (TPSA) is 74.3 Å². The van der Waals surface area contributed by atoms with E-state index in [1.165, 1.54) is 5.56 Å². The van der Waals surface area contributed by atoms with Crippen LogP contribution in [-0.2, 0) is 13.0 Å². The number of carbonyl (C=O) groups is 2. The molecule has 2 aromatic rings. The molecule has 1 aromatic carbocycles. The summed E-state index contributed by atoms with van der Waals surface area (Å²) in [6.07, 6.45) is 6.47. The lowest BCUT2D eigenvalue weighted by Crippen LogP contribution is -2.44. The van der Waals surface area contributed by atoms with E-state index in [4.69, 9.17) is 0 Å². The first kappa shape index (κ1) is 19.9. The maximum absolute atomic E-state index is 12.3. The standard InChI is InChI=1S/C22H28N4O2/c1-2-24-22(28)26-13-9-18(10-14-26)15-17-3-5-20(6-4-17)21(27)25-16-19-7-11-23-12-8-19/h3-8,11-12,18H,2,9-10,13-16H2,1H3,(H,24,28)(H,25,27). The quantitative estimate of drug-likeness (QED) is 0.809. The highest BCUT2D eigenvalue weighted by molar-refractivity contribution is 5.94. The molecule has 0 bridgehead atoms. The molecule has 0 unspecified atom stereocenters. The molecule has 2 N–H and O–H groups in total. The van der Waals surface area contributed by atoms with Crippen LogP contribution in [0.25, 0.3) is 0 Å². The van der Waals surface area contributed by atoms with Gasteiger partial charge in [0.05, 0.1) is 0 Å². The molecule has 28 heavy (non-hydrogen) atoms. The van der Waals surface area contributed by atoms with Crippen LogP contribution in [0.3, 0.4) is 0 Å². The summed E-state index contributed by atoms with van der Waals surface area (Å²) in [5.41, 5.74) is 2.94. The molecule has 1 fully saturated rings. The van der Waals surface area contributed by atoms with Crippen molar-refractivity contribution >= 4 is 11.9 Å². The molecule has 6 heteroatoms. The number of benzene rings is 1. The number of amides is 3. The monoisotopic (exact) mass is 380 g/mol. The summed E-state index contributed by atoms with van der Waals surface area (Å²) >= 11 is 0. The fourth-order valence-corrected chi connectivity index (χ4v) is 3.51. The Labute approximate surface area is 166 Å². The van der Waals surface area contributed by atoms with Crippen LogP contribution in [0.1, 0.15) is 41.3 Å². The van der Waals surface area contributed by atoms with E-state index < -0.39 is 0 Å². The number of hydrogen-bond donors (Lipinski definition) is 2. The van der Waals surface area contributed by atoms with Gasteiger partial charge in [-0.25, -0.2) is 4.79 Å². The van der Waals surface area contributed by atoms with Crippen molar-refractivity contribution in [2.24, 2.45) is 5.92 Å². The van der Waals surface area contributed by atoms with Crippen LogP contribution >= 0.6 is 0 Å². The molecule has 0 radical (unpaired) electrons. The van der Waals surface area contributed by atoms with Gasteiger partial charge in [-0.05, 0) is 67.5 Å². The third-order valence-corrected chi connectivity index (χ3v) is 5.17. The summed E-state index contributed by atoms with van der Waals surface area (Å²) in [5, 5.41) is 5.80. The smallest absolute Gasteiger partial charge is 0.317 e. The Morgan fingerprint density at radius 2 is 1.68 bits per heavy atom. The average Bonchev–Trinajstić information content (AvgIpc) is 2.74. The van der Waals surface area contributed by atoms with Gasteiger partial charge in [-0.1, -0.05) is 12.1 Å². The van der Waals surface area contributed by atoms with Crippen molar-refractivity contribution in [3.05, 3.63) is 65.5 Å². The number of carbonyl (C=O) groups excluding carboxylic acids is 2. The first-order valence-electron chi connectivity index (χ1n) is 9.94. The molecule has 2 heterocycles. The Morgan fingerprint density at radius 1 is 1.00 bits per heavy atom. The number of nitrogens with one attached hydrogen (secondary N) is 2. The van der Waals surface area contributed by atoms with Gasteiger partial charge in [0.15, 0.2) is 0 Å². The molecule has 1 aromatic heterocycles. The van der Waals surface area contributed by atoms with Crippen LogP contribution in [0.2, 0.25) is 0 Å². The predicted molar refractivity (Wildman–Crippen MR) is 109 cm³/mol. The lowest BCUT2D eigenvalue weighted by molar-refractivity contribution is 0.0951. The highest BCUT2D eigenvalue weighted by Crippen LogP contribution is 2.22. The van der Waals surface area contributed by atoms with Gasteiger partial charge >= 0.3 is 6.03 Å². The molecular weight excluding hydrogens is 352 g/mol. The largest absolute Gasteiger partial charge is 0.348 e. The van der Waals surface area contributed by atoms with E-state index >= 15 is 0 Å². The zero-order valence-electron chi connectivity index (χ0n) is 16.4. The van der Waals surface area contributed by atoms with Crippen LogP contribution in [0.15, 0.2) is 48.8 Å². The van der Waals surface area contributed by atoms with Crippen LogP contribution in [-0.4, -0.2) is 41.5 Å². The van der Waals surface area contributed by atoms with Crippen molar-refractivity contribution in [3.8, 4) is 0 Å². The van der Waals surface area contributed by atoms with Crippen LogP contribution in [0, 0.1) is 5.92 Å². The number of aromatic nitrogens is 1. The van der Waals surface area contributed by atoms with Crippen molar-refractivity contribution in [2.45, 2.75) is 32.7 Å². The fraction of sp³-hybridized carbons (Fsp3) is 0.409. The zero-order chi connectivity index (χ0) is 19.8. The van der Waals surface area contributed by atoms with Crippen molar-refractivity contribution in [1.82, 2.24) is 20.5 Å². The van der Waals surface area contributed by atoms with E-state index in [2.05, 4.69) is 15.6 Å². The van der Waals surface area contributed by atoms with Crippen molar-refractivity contribution in [2.75, 3.05) is 19.6 Å². The summed E-state index contributed by atoms with van der Waals surface area (Å²) in [6.45, 7) is 4.72. The Hall–Kier alpha value is -2.89. The van der Waals surface area contributed by atoms with Crippen LogP contribution in [0.5, 0.6) is 0 Å². The molecule has 0 aliphatic carbocycles. The molecule has 1 aliphatic heterocycles. The Morgan fingerprint density at radius 3 is 2.32 bits per heavy atom. The second kappa shape index (κ2) is 9.88. The Balaban J connectivity index is 1.45. The van der Waals surface area contributed by atoms with Crippen LogP contribution in [0.4, 0.5) is 4.79 Å². The molecule has 3 amide bonds. The van der Waals surface area contributed by atoms with E-state index in [1.807, 2.05) is 48.2 Å². The van der Waals surface area contributed by atoms with Gasteiger partial charge in [-0.3, -0.25) is 9.78 Å². The minimum absolute atomic E-state index is 0.0445. The summed E-state index contributed by atoms with van der Waals surface area (Å²) in [4.78, 5) is 30.1. The maximum Gasteiger partial charge on any atom is 0.317 e. The third-order valence-electron chi connectivity index (χ3n) is 5.17. The number of likely N-dealkylation sites (tertiary alicyclic amines) is 1. The van der Waals surface area contributed by atoms with Gasteiger partial charge in [0.1, 0.15) is 0 Å². The number of piperidine rings is 1. The second-order valence-corrected chi connectivity index (χ2v) is 7.21. The predicted octanol–water partition coefficient (Wildman–Crippen LogP) is 3.00. The Bertz CT molecular complexity index is 769. The molecule has 0 atom stereocenters. The van der Waals surface area contributed by atoms with E-state index in [9.17, 15) is 9.59 Å². The van der Waals surface area contributed by atoms with E-state index in [0.717, 1.165) is 37.9 Å². The molecule has 6 nitrogen and oxygen atoms in total. The van der Waals surface area contributed by atoms with Gasteiger partial charge < -0.3 is 15.5 Å². The highest BCUT2D eigenvalue weighted by atomic mass is 16.2. The first-order chi connectivity index (χ1) is 13.7. The number of nitrogens with zero attached hydrogens (tertiary/aromatic N) is 2. The number of rotatable bonds is 6. The second-order valence-electron chi connectivity index (χ2n) is 7.21. The van der Waals surface area contributed by atoms with Gasteiger partial charge in [-0.15, -0.1) is 0 Å². The minimum atomic E-state index is -0.0707. The van der Waals surface area contributed by atoms with E-state index in [-0.39, 0.29) is 11.9 Å². The van der Waals surface area contributed by atoms with Gasteiger partial charge in [0.25, 0.3) is 5.91 Å². The lowest BCUT2D eigenvalue weighted by Gasteiger charge is -2.32. The van der Waals surface area contributed by atoms with E-state index in [0.29, 0.717) is 24.6 Å². The Kier molecular flexibility index (Phi) is 7.00. The summed E-state index contributed by atoms with van der Waals surface area (Å²) in [6, 6.07) is 11.7. The van der Waals surface area contributed by atoms with Crippen molar-refractivity contribution in [1.29, 1.82) is 0 Å². The third kappa shape index (κ3) is 5.55. The number of hydrogen-bond acceptors (Lipinski definition) is 3. The molecular formula is C22H28N4O2. The molecule has 3 rings (SSSR count). The molecule has 1 saturated heterocycles. The first-order valence-corrected chi connectivity index (χ1v) is 9.94. The van der Waals surface area contributed by atoms with Gasteiger partial charge in [-0.2, -0.15) is 0 Å². The normalized spacial score (nSPS) is 14.5. The van der Waals surface area contributed by atoms with Gasteiger partial charge in [0, 0.05) is 44.1 Å². The molecule has 0 spiro atoms. The summed E-state index contributed by atoms with van der Waals surface area (Å²) < 4.78 is 0. The summed E-state index contributed by atoms with van der Waals surface area (Å²) in [7, 11) is 0. The number of urea groups is 1. The molecule has 1 aliphatic rings. The minimum Gasteiger partial charge on any atom is -0.348 e. The highest BCUT2D eigenvalue weighted by Gasteiger charge is 2.22. The number of pyridine rings is 1. The maximum atomic E-state index is 12.3. The van der Waals surface area contributed by atoms with Crippen molar-refractivity contribution in [3.63, 3.8) is 0 Å². The van der Waals surface area contributed by atoms with Crippen LogP contribution < -0.4 is 10.6 Å². The molecule has 148 valence electrons. The average molecular weight is 380 g/mol. The van der Waals surface area contributed by atoms with E-state index in [1.54, 1.807) is 12.4 Å². The SMILES string of the molecule is CCNC(=O)N1CCC(Cc2ccc(C(=O)NCc3ccncc3)cc2)CC1. The summed E-state index contributed by atoms with van der Waals surface area (Å²) in [5.74, 6) is 0.510. The van der Waals surface area contributed by atoms with Crippen molar-refractivity contribution < 1.29 is 9.59 Å².